The Kier molecular flexibility index (Phi) is 14.9. The van der Waals surface area contributed by atoms with Gasteiger partial charge < -0.3 is 30.4 Å². The predicted molar refractivity (Wildman–Crippen MR) is 152 cm³/mol. The van der Waals surface area contributed by atoms with Crippen LogP contribution in [-0.4, -0.2) is 57.1 Å². The Hall–Kier alpha value is -1.54. The molecular weight excluding hydrogens is 492 g/mol. The first-order valence-corrected chi connectivity index (χ1v) is 13.6. The van der Waals surface area contributed by atoms with Gasteiger partial charge in [-0.05, 0) is 61.1 Å². The number of carbonyl (C=O) groups excluding carboxylic acids is 1. The van der Waals surface area contributed by atoms with Gasteiger partial charge in [0, 0.05) is 38.1 Å². The summed E-state index contributed by atoms with van der Waals surface area (Å²) < 4.78 is 16.5. The molecule has 7 nitrogen and oxygen atoms in total. The normalized spacial score (nSPS) is 16.7. The van der Waals surface area contributed by atoms with Crippen molar-refractivity contribution in [2.45, 2.75) is 84.8 Å². The molecule has 0 aliphatic heterocycles. The van der Waals surface area contributed by atoms with Gasteiger partial charge in [0.05, 0.1) is 19.8 Å². The molecule has 37 heavy (non-hydrogen) atoms. The van der Waals surface area contributed by atoms with Gasteiger partial charge >= 0.3 is 0 Å². The van der Waals surface area contributed by atoms with Crippen LogP contribution < -0.4 is 20.5 Å². The molecule has 1 saturated carbocycles. The monoisotopic (exact) mass is 542 g/mol. The summed E-state index contributed by atoms with van der Waals surface area (Å²) in [5.41, 5.74) is 7.16. The Morgan fingerprint density at radius 1 is 1.16 bits per heavy atom. The van der Waals surface area contributed by atoms with E-state index in [2.05, 4.69) is 25.2 Å². The summed E-state index contributed by atoms with van der Waals surface area (Å²) in [6, 6.07) is 5.61. The van der Waals surface area contributed by atoms with E-state index in [-0.39, 0.29) is 30.8 Å². The number of carbonyl (C=O) groups is 1. The highest BCUT2D eigenvalue weighted by Crippen LogP contribution is 2.39. The van der Waals surface area contributed by atoms with Crippen LogP contribution in [0.25, 0.3) is 0 Å². The minimum atomic E-state index is -0.787. The molecule has 0 radical (unpaired) electrons. The number of aliphatic hydroxyl groups excluding tert-OH is 1. The lowest BCUT2D eigenvalue weighted by Gasteiger charge is -2.32. The summed E-state index contributed by atoms with van der Waals surface area (Å²) in [6.07, 6.45) is 6.09. The Bertz CT molecular complexity index is 799. The second kappa shape index (κ2) is 16.4. The van der Waals surface area contributed by atoms with Crippen LogP contribution in [0.3, 0.4) is 0 Å². The fourth-order valence-corrected chi connectivity index (χ4v) is 5.16. The highest BCUT2D eigenvalue weighted by Gasteiger charge is 2.38. The van der Waals surface area contributed by atoms with Crippen molar-refractivity contribution in [2.75, 3.05) is 34.0 Å². The van der Waals surface area contributed by atoms with Gasteiger partial charge in [-0.2, -0.15) is 0 Å². The largest absolute Gasteiger partial charge is 0.493 e. The molecule has 0 bridgehead atoms. The summed E-state index contributed by atoms with van der Waals surface area (Å²) in [5.74, 6) is 2.51. The van der Waals surface area contributed by atoms with E-state index in [4.69, 9.17) is 19.9 Å². The van der Waals surface area contributed by atoms with E-state index in [1.807, 2.05) is 26.0 Å². The van der Waals surface area contributed by atoms with Crippen molar-refractivity contribution in [3.63, 3.8) is 0 Å². The van der Waals surface area contributed by atoms with Gasteiger partial charge in [0.2, 0.25) is 5.91 Å². The van der Waals surface area contributed by atoms with Gasteiger partial charge in [0.15, 0.2) is 11.5 Å². The Labute approximate surface area is 230 Å². The molecule has 1 amide bonds. The lowest BCUT2D eigenvalue weighted by atomic mass is 9.77. The smallest absolute Gasteiger partial charge is 0.226 e. The molecule has 1 aliphatic carbocycles. The first-order valence-electron chi connectivity index (χ1n) is 13.6. The maximum atomic E-state index is 12.9. The number of aliphatic hydroxyl groups is 1. The first kappa shape index (κ1) is 33.5. The van der Waals surface area contributed by atoms with Crippen LogP contribution in [0.15, 0.2) is 18.2 Å². The van der Waals surface area contributed by atoms with Crippen LogP contribution in [0.5, 0.6) is 11.5 Å². The van der Waals surface area contributed by atoms with Crippen molar-refractivity contribution in [3.8, 4) is 11.5 Å². The number of methoxy groups -OCH3 is 2. The second-order valence-electron chi connectivity index (χ2n) is 11.3. The lowest BCUT2D eigenvalue weighted by molar-refractivity contribution is -0.132. The van der Waals surface area contributed by atoms with Gasteiger partial charge in [-0.15, -0.1) is 12.4 Å². The first-order chi connectivity index (χ1) is 17.1. The standard InChI is InChI=1S/C29H50N2O5.ClH/c1-20(2)22(16-21-12-13-26(35-6)27(17-21)36-15-9-14-34-5)18-24(30)25(32)19-31-28(33)29(3,4)23-10-7-8-11-23;/h12-13,17,20,22-25,32H,7-11,14-16,18-19,30H2,1-6H3,(H,31,33);1H. The second-order valence-corrected chi connectivity index (χ2v) is 11.3. The van der Waals surface area contributed by atoms with Gasteiger partial charge in [-0.1, -0.05) is 46.6 Å². The molecule has 1 aliphatic rings. The topological polar surface area (TPSA) is 103 Å². The van der Waals surface area contributed by atoms with Gasteiger partial charge in [-0.25, -0.2) is 0 Å². The van der Waals surface area contributed by atoms with Crippen LogP contribution in [0, 0.1) is 23.2 Å². The van der Waals surface area contributed by atoms with Crippen LogP contribution in [0.4, 0.5) is 0 Å². The van der Waals surface area contributed by atoms with Crippen LogP contribution >= 0.6 is 12.4 Å². The van der Waals surface area contributed by atoms with Gasteiger partial charge in [0.1, 0.15) is 0 Å². The molecule has 0 heterocycles. The van der Waals surface area contributed by atoms with Crippen LogP contribution in [0.2, 0.25) is 0 Å². The van der Waals surface area contributed by atoms with Crippen molar-refractivity contribution in [2.24, 2.45) is 28.9 Å². The summed E-state index contributed by atoms with van der Waals surface area (Å²) in [6.45, 7) is 9.79. The van der Waals surface area contributed by atoms with E-state index in [1.165, 1.54) is 12.8 Å². The van der Waals surface area contributed by atoms with Crippen molar-refractivity contribution >= 4 is 18.3 Å². The molecule has 8 heteroatoms. The molecular formula is C29H51ClN2O5. The quantitative estimate of drug-likeness (QED) is 0.260. The Morgan fingerprint density at radius 3 is 2.43 bits per heavy atom. The number of nitrogens with two attached hydrogens (primary N) is 1. The number of ether oxygens (including phenoxy) is 3. The fraction of sp³-hybridized carbons (Fsp3) is 0.759. The number of nitrogens with one attached hydrogen (secondary N) is 1. The number of amides is 1. The molecule has 1 aromatic carbocycles. The number of hydrogen-bond donors (Lipinski definition) is 3. The molecule has 1 aromatic rings. The molecule has 214 valence electrons. The van der Waals surface area contributed by atoms with Gasteiger partial charge in [0.25, 0.3) is 0 Å². The molecule has 2 rings (SSSR count). The molecule has 0 aromatic heterocycles. The van der Waals surface area contributed by atoms with Crippen molar-refractivity contribution in [3.05, 3.63) is 23.8 Å². The Morgan fingerprint density at radius 2 is 1.84 bits per heavy atom. The predicted octanol–water partition coefficient (Wildman–Crippen LogP) is 4.76. The van der Waals surface area contributed by atoms with Crippen molar-refractivity contribution in [1.82, 2.24) is 5.32 Å². The zero-order valence-electron chi connectivity index (χ0n) is 23.8. The Balaban J connectivity index is 0.00000684. The summed E-state index contributed by atoms with van der Waals surface area (Å²) in [4.78, 5) is 12.9. The fourth-order valence-electron chi connectivity index (χ4n) is 5.16. The highest BCUT2D eigenvalue weighted by atomic mass is 35.5. The SMILES string of the molecule is COCCCOc1cc(CC(CC(N)C(O)CNC(=O)C(C)(C)C2CCCC2)C(C)C)ccc1OC.Cl. The molecule has 1 fully saturated rings. The number of benzene rings is 1. The highest BCUT2D eigenvalue weighted by molar-refractivity contribution is 5.85. The van der Waals surface area contributed by atoms with Crippen LogP contribution in [-0.2, 0) is 16.0 Å². The minimum absolute atomic E-state index is 0. The maximum absolute atomic E-state index is 12.9. The average molecular weight is 543 g/mol. The summed E-state index contributed by atoms with van der Waals surface area (Å²) >= 11 is 0. The molecule has 4 N–H and O–H groups in total. The van der Waals surface area contributed by atoms with Crippen LogP contribution in [0.1, 0.15) is 71.8 Å². The lowest BCUT2D eigenvalue weighted by Crippen LogP contribution is -2.48. The van der Waals surface area contributed by atoms with Gasteiger partial charge in [-0.3, -0.25) is 4.79 Å². The van der Waals surface area contributed by atoms with E-state index in [1.54, 1.807) is 14.2 Å². The average Bonchev–Trinajstić information content (AvgIpc) is 3.40. The molecule has 3 atom stereocenters. The maximum Gasteiger partial charge on any atom is 0.226 e. The third kappa shape index (κ3) is 10.3. The minimum Gasteiger partial charge on any atom is -0.493 e. The van der Waals surface area contributed by atoms with E-state index in [9.17, 15) is 9.90 Å². The summed E-state index contributed by atoms with van der Waals surface area (Å²) in [5, 5.41) is 13.7. The third-order valence-corrected chi connectivity index (χ3v) is 7.92. The van der Waals surface area contributed by atoms with Crippen molar-refractivity contribution < 1.29 is 24.1 Å². The third-order valence-electron chi connectivity index (χ3n) is 7.92. The summed E-state index contributed by atoms with van der Waals surface area (Å²) in [7, 11) is 3.32. The number of hydrogen-bond acceptors (Lipinski definition) is 6. The number of halogens is 1. The van der Waals surface area contributed by atoms with E-state index in [0.717, 1.165) is 37.0 Å². The van der Waals surface area contributed by atoms with Crippen molar-refractivity contribution in [1.29, 1.82) is 0 Å². The number of rotatable bonds is 16. The van der Waals surface area contributed by atoms with E-state index < -0.39 is 17.6 Å². The zero-order valence-corrected chi connectivity index (χ0v) is 24.6. The zero-order chi connectivity index (χ0) is 26.7. The molecule has 3 unspecified atom stereocenters. The van der Waals surface area contributed by atoms with E-state index in [0.29, 0.717) is 37.2 Å². The molecule has 0 saturated heterocycles. The molecule has 0 spiro atoms. The van der Waals surface area contributed by atoms with E-state index >= 15 is 0 Å².